The van der Waals surface area contributed by atoms with Crippen molar-refractivity contribution < 1.29 is 17.9 Å². The smallest absolute Gasteiger partial charge is 0.247 e. The van der Waals surface area contributed by atoms with Crippen molar-refractivity contribution in [3.8, 4) is 5.75 Å². The van der Waals surface area contributed by atoms with E-state index >= 15 is 0 Å². The Morgan fingerprint density at radius 1 is 1.06 bits per heavy atom. The molecule has 0 atom stereocenters. The van der Waals surface area contributed by atoms with Crippen LogP contribution in [0.15, 0.2) is 71.6 Å². The quantitative estimate of drug-likeness (QED) is 0.459. The Balaban J connectivity index is 1.97. The molecule has 0 aromatic heterocycles. The lowest BCUT2D eigenvalue weighted by Crippen LogP contribution is -2.38. The monoisotopic (exact) mass is 486 g/mol. The maximum Gasteiger partial charge on any atom is 0.247 e. The number of hydrogen-bond donors (Lipinski definition) is 1. The number of sulfonamides is 1. The average molecular weight is 487 g/mol. The molecule has 3 aromatic rings. The van der Waals surface area contributed by atoms with Crippen molar-refractivity contribution in [3.63, 3.8) is 0 Å². The zero-order chi connectivity index (χ0) is 24.0. The van der Waals surface area contributed by atoms with Gasteiger partial charge in [-0.05, 0) is 48.2 Å². The molecule has 0 spiro atoms. The van der Waals surface area contributed by atoms with E-state index in [9.17, 15) is 13.2 Å². The van der Waals surface area contributed by atoms with Crippen LogP contribution >= 0.6 is 11.6 Å². The number of halogens is 1. The van der Waals surface area contributed by atoms with Crippen molar-refractivity contribution in [2.75, 3.05) is 19.0 Å². The Hall–Kier alpha value is -2.87. The lowest BCUT2D eigenvalue weighted by molar-refractivity contribution is -0.116. The number of hydrogen-bond acceptors (Lipinski definition) is 4. The van der Waals surface area contributed by atoms with E-state index in [1.165, 1.54) is 19.2 Å². The summed E-state index contributed by atoms with van der Waals surface area (Å²) in [6.07, 6.45) is 0.739. The van der Waals surface area contributed by atoms with Crippen LogP contribution in [0, 0.1) is 6.92 Å². The zero-order valence-corrected chi connectivity index (χ0v) is 20.4. The molecule has 0 aliphatic rings. The molecule has 1 amide bonds. The molecule has 1 N–H and O–H groups in total. The van der Waals surface area contributed by atoms with Crippen LogP contribution in [0.5, 0.6) is 5.75 Å². The predicted octanol–water partition coefficient (Wildman–Crippen LogP) is 5.05. The number of para-hydroxylation sites is 1. The van der Waals surface area contributed by atoms with Gasteiger partial charge in [-0.1, -0.05) is 67.1 Å². The number of carbonyl (C=O) groups excluding carboxylic acids is 1. The number of methoxy groups -OCH3 is 1. The fraction of sp³-hybridized carbons (Fsp3) is 0.240. The number of ether oxygens (including phenoxy) is 1. The molecular formula is C25H27ClN2O4S. The van der Waals surface area contributed by atoms with Crippen molar-refractivity contribution in [1.82, 2.24) is 4.31 Å². The van der Waals surface area contributed by atoms with Crippen LogP contribution in [0.4, 0.5) is 5.69 Å². The largest absolute Gasteiger partial charge is 0.495 e. The summed E-state index contributed by atoms with van der Waals surface area (Å²) in [5, 5.41) is 3.16. The van der Waals surface area contributed by atoms with Gasteiger partial charge in [0.05, 0.1) is 13.7 Å². The summed E-state index contributed by atoms with van der Waals surface area (Å²) in [6.45, 7) is 3.55. The highest BCUT2D eigenvalue weighted by Gasteiger charge is 2.30. The summed E-state index contributed by atoms with van der Waals surface area (Å²) in [5.74, 6) is -0.274. The normalized spacial score (nSPS) is 11.4. The molecule has 0 fully saturated rings. The zero-order valence-electron chi connectivity index (χ0n) is 18.8. The summed E-state index contributed by atoms with van der Waals surface area (Å²) in [6, 6.07) is 19.3. The van der Waals surface area contributed by atoms with Gasteiger partial charge in [-0.3, -0.25) is 4.79 Å². The van der Waals surface area contributed by atoms with Crippen LogP contribution in [0.1, 0.15) is 23.6 Å². The number of nitrogens with zero attached hydrogens (tertiary/aromatic N) is 1. The van der Waals surface area contributed by atoms with Crippen LogP contribution in [0.25, 0.3) is 0 Å². The van der Waals surface area contributed by atoms with E-state index in [1.54, 1.807) is 6.07 Å². The number of nitrogens with one attached hydrogen (secondary N) is 1. The standard InChI is InChI=1S/C25H27ClN2O4S/c1-4-20-12-8-9-18(2)25(20)27-24(29)17-28(16-19-10-6-5-7-11-19)33(30,31)23-15-21(26)13-14-22(23)32-3/h5-15H,4,16-17H2,1-3H3,(H,27,29). The highest BCUT2D eigenvalue weighted by Crippen LogP contribution is 2.30. The van der Waals surface area contributed by atoms with Gasteiger partial charge in [0.25, 0.3) is 0 Å². The highest BCUT2D eigenvalue weighted by molar-refractivity contribution is 7.89. The predicted molar refractivity (Wildman–Crippen MR) is 131 cm³/mol. The Kier molecular flexibility index (Phi) is 8.13. The molecule has 3 aromatic carbocycles. The topological polar surface area (TPSA) is 75.7 Å². The average Bonchev–Trinajstić information content (AvgIpc) is 2.80. The second-order valence-electron chi connectivity index (χ2n) is 7.56. The SMILES string of the molecule is CCc1cccc(C)c1NC(=O)CN(Cc1ccccc1)S(=O)(=O)c1cc(Cl)ccc1OC. The summed E-state index contributed by atoms with van der Waals surface area (Å²) in [5.41, 5.74) is 3.36. The fourth-order valence-corrected chi connectivity index (χ4v) is 5.35. The molecule has 0 saturated heterocycles. The molecule has 0 aliphatic carbocycles. The minimum Gasteiger partial charge on any atom is -0.495 e. The molecule has 0 saturated carbocycles. The van der Waals surface area contributed by atoms with Crippen molar-refractivity contribution in [1.29, 1.82) is 0 Å². The van der Waals surface area contributed by atoms with Crippen molar-refractivity contribution in [3.05, 3.63) is 88.4 Å². The van der Waals surface area contributed by atoms with Gasteiger partial charge in [-0.2, -0.15) is 4.31 Å². The lowest BCUT2D eigenvalue weighted by atomic mass is 10.1. The van der Waals surface area contributed by atoms with Crippen LogP contribution in [-0.4, -0.2) is 32.3 Å². The van der Waals surface area contributed by atoms with E-state index in [1.807, 2.05) is 62.4 Å². The second-order valence-corrected chi connectivity index (χ2v) is 9.91. The molecule has 6 nitrogen and oxygen atoms in total. The van der Waals surface area contributed by atoms with Gasteiger partial charge in [0, 0.05) is 17.3 Å². The van der Waals surface area contributed by atoms with E-state index < -0.39 is 15.9 Å². The fourth-order valence-electron chi connectivity index (χ4n) is 3.55. The first kappa shape index (κ1) is 24.8. The maximum absolute atomic E-state index is 13.7. The number of amides is 1. The van der Waals surface area contributed by atoms with Crippen LogP contribution < -0.4 is 10.1 Å². The molecule has 0 unspecified atom stereocenters. The van der Waals surface area contributed by atoms with E-state index in [0.717, 1.165) is 27.4 Å². The van der Waals surface area contributed by atoms with Gasteiger partial charge in [-0.15, -0.1) is 0 Å². The minimum absolute atomic E-state index is 0.0146. The Labute approximate surface area is 200 Å². The molecule has 0 bridgehead atoms. The van der Waals surface area contributed by atoms with E-state index in [4.69, 9.17) is 16.3 Å². The first-order valence-corrected chi connectivity index (χ1v) is 12.3. The van der Waals surface area contributed by atoms with Crippen LogP contribution in [-0.2, 0) is 27.8 Å². The number of benzene rings is 3. The molecule has 0 aliphatic heterocycles. The molecule has 8 heteroatoms. The first-order valence-electron chi connectivity index (χ1n) is 10.5. The minimum atomic E-state index is -4.11. The molecule has 174 valence electrons. The molecule has 3 rings (SSSR count). The van der Waals surface area contributed by atoms with E-state index in [2.05, 4.69) is 5.32 Å². The lowest BCUT2D eigenvalue weighted by Gasteiger charge is -2.23. The number of carbonyl (C=O) groups is 1. The third-order valence-corrected chi connectivity index (χ3v) is 7.32. The van der Waals surface area contributed by atoms with Crippen molar-refractivity contribution >= 4 is 33.2 Å². The Morgan fingerprint density at radius 3 is 2.45 bits per heavy atom. The Bertz CT molecular complexity index is 1230. The molecular weight excluding hydrogens is 460 g/mol. The van der Waals surface area contributed by atoms with Gasteiger partial charge < -0.3 is 10.1 Å². The van der Waals surface area contributed by atoms with Gasteiger partial charge >= 0.3 is 0 Å². The number of rotatable bonds is 9. The number of anilines is 1. The molecule has 0 heterocycles. The number of aryl methyl sites for hydroxylation is 2. The van der Waals surface area contributed by atoms with Gasteiger partial charge in [0.15, 0.2) is 0 Å². The summed E-state index contributed by atoms with van der Waals surface area (Å²) < 4.78 is 33.7. The van der Waals surface area contributed by atoms with E-state index in [-0.39, 0.29) is 28.8 Å². The van der Waals surface area contributed by atoms with Gasteiger partial charge in [0.2, 0.25) is 15.9 Å². The second kappa shape index (κ2) is 10.8. The highest BCUT2D eigenvalue weighted by atomic mass is 35.5. The third kappa shape index (κ3) is 5.93. The van der Waals surface area contributed by atoms with Crippen molar-refractivity contribution in [2.45, 2.75) is 31.7 Å². The van der Waals surface area contributed by atoms with Crippen LogP contribution in [0.3, 0.4) is 0 Å². The van der Waals surface area contributed by atoms with Gasteiger partial charge in [0.1, 0.15) is 10.6 Å². The maximum atomic E-state index is 13.7. The summed E-state index contributed by atoms with van der Waals surface area (Å²) >= 11 is 6.09. The molecule has 0 radical (unpaired) electrons. The Morgan fingerprint density at radius 2 is 1.79 bits per heavy atom. The molecule has 33 heavy (non-hydrogen) atoms. The van der Waals surface area contributed by atoms with Crippen LogP contribution in [0.2, 0.25) is 5.02 Å². The first-order chi connectivity index (χ1) is 15.8. The van der Waals surface area contributed by atoms with Gasteiger partial charge in [-0.25, -0.2) is 8.42 Å². The third-order valence-electron chi connectivity index (χ3n) is 5.27. The van der Waals surface area contributed by atoms with Crippen molar-refractivity contribution in [2.24, 2.45) is 0 Å². The summed E-state index contributed by atoms with van der Waals surface area (Å²) in [7, 11) is -2.72. The summed E-state index contributed by atoms with van der Waals surface area (Å²) in [4.78, 5) is 13.0. The van der Waals surface area contributed by atoms with E-state index in [0.29, 0.717) is 5.69 Å².